The second-order valence-electron chi connectivity index (χ2n) is 5.32. The average Bonchev–Trinajstić information content (AvgIpc) is 3.20. The lowest BCUT2D eigenvalue weighted by Gasteiger charge is -2.08. The Balaban J connectivity index is 1.65. The fraction of sp³-hybridized carbons (Fsp3) is 0.533. The van der Waals surface area contributed by atoms with Gasteiger partial charge in [-0.05, 0) is 66.0 Å². The van der Waals surface area contributed by atoms with Crippen molar-refractivity contribution in [3.05, 3.63) is 27.6 Å². The smallest absolute Gasteiger partial charge is 0.124 e. The van der Waals surface area contributed by atoms with Crippen molar-refractivity contribution in [2.24, 2.45) is 5.92 Å². The van der Waals surface area contributed by atoms with Crippen LogP contribution in [0.2, 0.25) is 0 Å². The van der Waals surface area contributed by atoms with Gasteiger partial charge in [-0.2, -0.15) is 0 Å². The van der Waals surface area contributed by atoms with Gasteiger partial charge in [0.1, 0.15) is 5.82 Å². The van der Waals surface area contributed by atoms with Crippen LogP contribution >= 0.6 is 34.2 Å². The summed E-state index contributed by atoms with van der Waals surface area (Å²) in [6, 6.07) is 6.35. The molecule has 0 N–H and O–H groups in total. The van der Waals surface area contributed by atoms with E-state index in [0.29, 0.717) is 5.88 Å². The number of hydrogen-bond acceptors (Lipinski definition) is 2. The van der Waals surface area contributed by atoms with Crippen molar-refractivity contribution < 1.29 is 4.74 Å². The Kier molecular flexibility index (Phi) is 4.83. The van der Waals surface area contributed by atoms with Crippen LogP contribution in [0.1, 0.15) is 25.1 Å². The molecular weight excluding hydrogens is 387 g/mol. The zero-order valence-electron chi connectivity index (χ0n) is 11.3. The molecule has 2 aromatic rings. The topological polar surface area (TPSA) is 27.1 Å². The van der Waals surface area contributed by atoms with Crippen LogP contribution in [-0.4, -0.2) is 22.8 Å². The Hall–Kier alpha value is -0.330. The van der Waals surface area contributed by atoms with Gasteiger partial charge in [-0.3, -0.25) is 0 Å². The monoisotopic (exact) mass is 404 g/mol. The summed E-state index contributed by atoms with van der Waals surface area (Å²) in [6.45, 7) is 2.68. The highest BCUT2D eigenvalue weighted by atomic mass is 127. The predicted octanol–water partition coefficient (Wildman–Crippen LogP) is 4.20. The SMILES string of the molecule is ClCc1nc2cc(I)ccc2n1CCCOCC1CC1. The van der Waals surface area contributed by atoms with Crippen LogP contribution in [0.15, 0.2) is 18.2 Å². The number of aromatic nitrogens is 2. The molecule has 1 aromatic carbocycles. The number of rotatable bonds is 7. The Morgan fingerprint density at radius 1 is 1.40 bits per heavy atom. The normalized spacial score (nSPS) is 15.1. The molecule has 3 rings (SSSR count). The van der Waals surface area contributed by atoms with Gasteiger partial charge in [-0.25, -0.2) is 4.98 Å². The third-order valence-corrected chi connectivity index (χ3v) is 4.54. The standard InChI is InChI=1S/C15H18ClIN2O/c16-9-15-18-13-8-12(17)4-5-14(13)19(15)6-1-7-20-10-11-2-3-11/h4-5,8,11H,1-3,6-7,9-10H2. The summed E-state index contributed by atoms with van der Waals surface area (Å²) in [5.74, 6) is 2.24. The van der Waals surface area contributed by atoms with Gasteiger partial charge in [-0.15, -0.1) is 11.6 Å². The molecule has 20 heavy (non-hydrogen) atoms. The molecule has 1 aliphatic carbocycles. The van der Waals surface area contributed by atoms with Gasteiger partial charge in [0.15, 0.2) is 0 Å². The van der Waals surface area contributed by atoms with Crippen LogP contribution < -0.4 is 0 Å². The first-order valence-electron chi connectivity index (χ1n) is 7.06. The number of imidazole rings is 1. The highest BCUT2D eigenvalue weighted by Gasteiger charge is 2.20. The van der Waals surface area contributed by atoms with Gasteiger partial charge >= 0.3 is 0 Å². The lowest BCUT2D eigenvalue weighted by molar-refractivity contribution is 0.119. The maximum Gasteiger partial charge on any atom is 0.124 e. The molecular formula is C15H18ClIN2O. The van der Waals surface area contributed by atoms with Crippen molar-refractivity contribution in [1.82, 2.24) is 9.55 Å². The lowest BCUT2D eigenvalue weighted by Crippen LogP contribution is -2.06. The van der Waals surface area contributed by atoms with Crippen LogP contribution in [-0.2, 0) is 17.2 Å². The average molecular weight is 405 g/mol. The van der Waals surface area contributed by atoms with Gasteiger partial charge in [0, 0.05) is 23.3 Å². The zero-order chi connectivity index (χ0) is 13.9. The molecule has 0 atom stereocenters. The minimum absolute atomic E-state index is 0.453. The molecule has 0 radical (unpaired) electrons. The van der Waals surface area contributed by atoms with Crippen molar-refractivity contribution in [2.75, 3.05) is 13.2 Å². The molecule has 1 heterocycles. The molecule has 0 bridgehead atoms. The quantitative estimate of drug-likeness (QED) is 0.393. The fourth-order valence-electron chi connectivity index (χ4n) is 2.36. The highest BCUT2D eigenvalue weighted by Crippen LogP contribution is 2.28. The first-order chi connectivity index (χ1) is 9.78. The third kappa shape index (κ3) is 3.46. The van der Waals surface area contributed by atoms with Crippen molar-refractivity contribution in [3.8, 4) is 0 Å². The zero-order valence-corrected chi connectivity index (χ0v) is 14.2. The number of alkyl halides is 1. The van der Waals surface area contributed by atoms with Crippen LogP contribution in [0.4, 0.5) is 0 Å². The molecule has 108 valence electrons. The molecule has 0 aliphatic heterocycles. The highest BCUT2D eigenvalue weighted by molar-refractivity contribution is 14.1. The second kappa shape index (κ2) is 6.62. The summed E-state index contributed by atoms with van der Waals surface area (Å²) in [5.41, 5.74) is 2.20. The maximum absolute atomic E-state index is 6.02. The van der Waals surface area contributed by atoms with E-state index in [1.165, 1.54) is 21.9 Å². The molecule has 1 saturated carbocycles. The first-order valence-corrected chi connectivity index (χ1v) is 8.67. The predicted molar refractivity (Wildman–Crippen MR) is 90.2 cm³/mol. The Morgan fingerprint density at radius 3 is 3.00 bits per heavy atom. The maximum atomic E-state index is 6.02. The van der Waals surface area contributed by atoms with E-state index in [9.17, 15) is 0 Å². The number of halogens is 2. The third-order valence-electron chi connectivity index (χ3n) is 3.63. The number of benzene rings is 1. The minimum atomic E-state index is 0.453. The summed E-state index contributed by atoms with van der Waals surface area (Å²) in [5, 5.41) is 0. The van der Waals surface area contributed by atoms with E-state index in [0.717, 1.165) is 43.4 Å². The van der Waals surface area contributed by atoms with Crippen LogP contribution in [0.5, 0.6) is 0 Å². The molecule has 0 amide bonds. The van der Waals surface area contributed by atoms with E-state index in [4.69, 9.17) is 16.3 Å². The Morgan fingerprint density at radius 2 is 2.25 bits per heavy atom. The van der Waals surface area contributed by atoms with E-state index in [-0.39, 0.29) is 0 Å². The van der Waals surface area contributed by atoms with Crippen molar-refractivity contribution >= 4 is 45.2 Å². The van der Waals surface area contributed by atoms with E-state index in [1.54, 1.807) is 0 Å². The number of aryl methyl sites for hydroxylation is 1. The van der Waals surface area contributed by atoms with Crippen molar-refractivity contribution in [1.29, 1.82) is 0 Å². The first kappa shape index (κ1) is 14.6. The molecule has 0 unspecified atom stereocenters. The molecule has 1 aliphatic rings. The van der Waals surface area contributed by atoms with E-state index in [1.807, 2.05) is 0 Å². The molecule has 0 spiro atoms. The van der Waals surface area contributed by atoms with Gasteiger partial charge < -0.3 is 9.30 Å². The van der Waals surface area contributed by atoms with Gasteiger partial charge in [0.25, 0.3) is 0 Å². The number of nitrogens with zero attached hydrogens (tertiary/aromatic N) is 2. The van der Waals surface area contributed by atoms with Gasteiger partial charge in [-0.1, -0.05) is 0 Å². The summed E-state index contributed by atoms with van der Waals surface area (Å²) in [6.07, 6.45) is 3.70. The Bertz CT molecular complexity index is 595. The van der Waals surface area contributed by atoms with E-state index < -0.39 is 0 Å². The van der Waals surface area contributed by atoms with Crippen LogP contribution in [0.25, 0.3) is 11.0 Å². The molecule has 3 nitrogen and oxygen atoms in total. The van der Waals surface area contributed by atoms with Gasteiger partial charge in [0.05, 0.1) is 16.9 Å². The van der Waals surface area contributed by atoms with Crippen molar-refractivity contribution in [3.63, 3.8) is 0 Å². The van der Waals surface area contributed by atoms with E-state index >= 15 is 0 Å². The molecule has 1 aromatic heterocycles. The molecule has 1 fully saturated rings. The van der Waals surface area contributed by atoms with E-state index in [2.05, 4.69) is 50.3 Å². The molecule has 5 heteroatoms. The Labute approximate surface area is 137 Å². The fourth-order valence-corrected chi connectivity index (χ4v) is 3.04. The summed E-state index contributed by atoms with van der Waals surface area (Å²) in [4.78, 5) is 4.61. The number of fused-ring (bicyclic) bond motifs is 1. The largest absolute Gasteiger partial charge is 0.381 e. The van der Waals surface area contributed by atoms with Crippen LogP contribution in [0, 0.1) is 9.49 Å². The number of ether oxygens (including phenoxy) is 1. The van der Waals surface area contributed by atoms with Crippen LogP contribution in [0.3, 0.4) is 0 Å². The number of hydrogen-bond donors (Lipinski definition) is 0. The second-order valence-corrected chi connectivity index (χ2v) is 6.83. The summed E-state index contributed by atoms with van der Waals surface area (Å²) < 4.78 is 9.12. The summed E-state index contributed by atoms with van der Waals surface area (Å²) in [7, 11) is 0. The minimum Gasteiger partial charge on any atom is -0.381 e. The molecule has 0 saturated heterocycles. The lowest BCUT2D eigenvalue weighted by atomic mass is 10.3. The summed E-state index contributed by atoms with van der Waals surface area (Å²) >= 11 is 8.33. The van der Waals surface area contributed by atoms with Gasteiger partial charge in [0.2, 0.25) is 0 Å². The van der Waals surface area contributed by atoms with Crippen molar-refractivity contribution in [2.45, 2.75) is 31.7 Å².